The molecule has 0 aliphatic heterocycles. The van der Waals surface area contributed by atoms with Crippen LogP contribution < -0.4 is 20.1 Å². The highest BCUT2D eigenvalue weighted by atomic mass is 19.1. The van der Waals surface area contributed by atoms with Crippen molar-refractivity contribution in [2.24, 2.45) is 0 Å². The lowest BCUT2D eigenvalue weighted by Gasteiger charge is -2.23. The Morgan fingerprint density at radius 1 is 0.580 bits per heavy atom. The minimum absolute atomic E-state index is 0.244. The molecule has 0 fully saturated rings. The molecule has 0 aromatic heterocycles. The van der Waals surface area contributed by atoms with Crippen LogP contribution in [-0.2, 0) is 0 Å². The van der Waals surface area contributed by atoms with Gasteiger partial charge in [0.25, 0.3) is 0 Å². The monoisotopic (exact) mass is 674 g/mol. The zero-order valence-corrected chi connectivity index (χ0v) is 28.7. The van der Waals surface area contributed by atoms with Crippen LogP contribution in [0.15, 0.2) is 84.9 Å². The Morgan fingerprint density at radius 2 is 1.06 bits per heavy atom. The normalized spacial score (nSPS) is 12.0. The molecule has 50 heavy (non-hydrogen) atoms. The zero-order valence-electron chi connectivity index (χ0n) is 28.7. The molecular weight excluding hydrogens is 634 g/mol. The van der Waals surface area contributed by atoms with E-state index < -0.39 is 11.6 Å². The van der Waals surface area contributed by atoms with Gasteiger partial charge in [-0.3, -0.25) is 9.59 Å². The van der Waals surface area contributed by atoms with Crippen molar-refractivity contribution in [3.63, 3.8) is 0 Å². The summed E-state index contributed by atoms with van der Waals surface area (Å²) in [6.07, 6.45) is 3.59. The highest BCUT2D eigenvalue weighted by Crippen LogP contribution is 2.38. The summed E-state index contributed by atoms with van der Waals surface area (Å²) in [5.74, 6) is -1.55. The number of unbranched alkanes of at least 4 members (excludes halogenated alkanes) is 2. The van der Waals surface area contributed by atoms with Crippen LogP contribution >= 0.6 is 0 Å². The zero-order chi connectivity index (χ0) is 35.4. The first-order valence-corrected chi connectivity index (χ1v) is 17.1. The van der Waals surface area contributed by atoms with E-state index in [9.17, 15) is 18.4 Å². The van der Waals surface area contributed by atoms with Gasteiger partial charge in [-0.1, -0.05) is 63.1 Å². The van der Waals surface area contributed by atoms with Crippen molar-refractivity contribution in [2.75, 3.05) is 23.8 Å². The number of halogens is 2. The van der Waals surface area contributed by atoms with E-state index in [0.717, 1.165) is 41.8 Å². The number of ether oxygens (including phenoxy) is 2. The maximum Gasteiger partial charge on any atom is 0.196 e. The van der Waals surface area contributed by atoms with Crippen LogP contribution in [0.1, 0.15) is 82.5 Å². The fraction of sp³-hybridized carbons (Fsp3) is 0.238. The van der Waals surface area contributed by atoms with E-state index in [2.05, 4.69) is 17.6 Å². The number of hydrogen-bond donors (Lipinski definition) is 2. The van der Waals surface area contributed by atoms with Gasteiger partial charge in [0.1, 0.15) is 5.75 Å². The van der Waals surface area contributed by atoms with Crippen LogP contribution in [0.4, 0.5) is 31.5 Å². The largest absolute Gasteiger partial charge is 0.493 e. The third kappa shape index (κ3) is 6.97. The number of ketones is 2. The van der Waals surface area contributed by atoms with Gasteiger partial charge in [0.05, 0.1) is 35.7 Å². The Bertz CT molecular complexity index is 2030. The molecule has 8 heteroatoms. The number of fused-ring (bicyclic) bond motifs is 2. The van der Waals surface area contributed by atoms with E-state index in [0.29, 0.717) is 57.9 Å². The fourth-order valence-electron chi connectivity index (χ4n) is 6.26. The first-order valence-electron chi connectivity index (χ1n) is 17.1. The Hall–Kier alpha value is -5.50. The Kier molecular flexibility index (Phi) is 10.3. The minimum atomic E-state index is -0.758. The molecule has 0 spiro atoms. The summed E-state index contributed by atoms with van der Waals surface area (Å²) in [5.41, 5.74) is 6.63. The molecule has 6 nitrogen and oxygen atoms in total. The number of benzene rings is 5. The Labute approximate surface area is 291 Å². The van der Waals surface area contributed by atoms with Crippen molar-refractivity contribution < 1.29 is 27.8 Å². The van der Waals surface area contributed by atoms with E-state index in [4.69, 9.17) is 9.47 Å². The molecule has 0 bridgehead atoms. The third-order valence-corrected chi connectivity index (χ3v) is 8.80. The summed E-state index contributed by atoms with van der Waals surface area (Å²) in [6.45, 7) is 8.99. The second-order valence-corrected chi connectivity index (χ2v) is 12.6. The van der Waals surface area contributed by atoms with Crippen LogP contribution in [-0.4, -0.2) is 24.8 Å². The number of aryl methyl sites for hydroxylation is 2. The lowest BCUT2D eigenvalue weighted by molar-refractivity contribution is 0.0980. The molecule has 5 aromatic rings. The lowest BCUT2D eigenvalue weighted by Crippen LogP contribution is -2.23. The van der Waals surface area contributed by atoms with Crippen LogP contribution in [0, 0.1) is 25.5 Å². The van der Waals surface area contributed by atoms with Crippen molar-refractivity contribution in [1.29, 1.82) is 0 Å². The number of rotatable bonds is 13. The SMILES string of the molecule is CCCCOc1c(C)cc(Nc2cccc3c2C(=O)c2cccc(Nc4ccc(-c5cc(F)c(OCCCC)c(F)c5)cc4)c2C3=O)cc1C. The maximum absolute atomic E-state index is 14.7. The van der Waals surface area contributed by atoms with E-state index in [1.807, 2.05) is 32.9 Å². The number of anilines is 4. The molecule has 0 saturated carbocycles. The van der Waals surface area contributed by atoms with Gasteiger partial charge >= 0.3 is 0 Å². The minimum Gasteiger partial charge on any atom is -0.493 e. The number of hydrogen-bond acceptors (Lipinski definition) is 6. The summed E-state index contributed by atoms with van der Waals surface area (Å²) >= 11 is 0. The van der Waals surface area contributed by atoms with Gasteiger partial charge in [0.15, 0.2) is 29.0 Å². The summed E-state index contributed by atoms with van der Waals surface area (Å²) in [4.78, 5) is 28.1. The highest BCUT2D eigenvalue weighted by molar-refractivity contribution is 6.32. The molecule has 0 saturated heterocycles. The lowest BCUT2D eigenvalue weighted by atomic mass is 9.82. The smallest absolute Gasteiger partial charge is 0.196 e. The van der Waals surface area contributed by atoms with Gasteiger partial charge in [-0.05, 0) is 97.5 Å². The molecule has 2 N–H and O–H groups in total. The first kappa shape index (κ1) is 34.4. The average molecular weight is 675 g/mol. The molecule has 1 aliphatic carbocycles. The Morgan fingerprint density at radius 3 is 1.56 bits per heavy atom. The van der Waals surface area contributed by atoms with Gasteiger partial charge in [-0.15, -0.1) is 0 Å². The molecule has 0 unspecified atom stereocenters. The second-order valence-electron chi connectivity index (χ2n) is 12.6. The first-order chi connectivity index (χ1) is 24.2. The molecule has 0 heterocycles. The number of carbonyl (C=O) groups is 2. The van der Waals surface area contributed by atoms with Gasteiger partial charge in [0.2, 0.25) is 0 Å². The fourth-order valence-corrected chi connectivity index (χ4v) is 6.26. The molecule has 1 aliphatic rings. The van der Waals surface area contributed by atoms with E-state index >= 15 is 0 Å². The van der Waals surface area contributed by atoms with Crippen molar-refractivity contribution in [3.8, 4) is 22.6 Å². The van der Waals surface area contributed by atoms with Gasteiger partial charge in [-0.25, -0.2) is 8.78 Å². The molecule has 5 aromatic carbocycles. The van der Waals surface area contributed by atoms with Crippen LogP contribution in [0.3, 0.4) is 0 Å². The molecule has 256 valence electrons. The number of nitrogens with one attached hydrogen (secondary N) is 2. The molecule has 0 radical (unpaired) electrons. The van der Waals surface area contributed by atoms with Gasteiger partial charge in [0, 0.05) is 22.5 Å². The second kappa shape index (κ2) is 14.9. The molecule has 0 atom stereocenters. The molecule has 6 rings (SSSR count). The third-order valence-electron chi connectivity index (χ3n) is 8.80. The summed E-state index contributed by atoms with van der Waals surface area (Å²) in [7, 11) is 0. The Balaban J connectivity index is 1.23. The predicted octanol–water partition coefficient (Wildman–Crippen LogP) is 10.9. The van der Waals surface area contributed by atoms with Crippen molar-refractivity contribution in [3.05, 3.63) is 130 Å². The van der Waals surface area contributed by atoms with Crippen molar-refractivity contribution in [1.82, 2.24) is 0 Å². The van der Waals surface area contributed by atoms with Crippen LogP contribution in [0.25, 0.3) is 11.1 Å². The van der Waals surface area contributed by atoms with Crippen LogP contribution in [0.2, 0.25) is 0 Å². The molecular formula is C42H40F2N2O4. The summed E-state index contributed by atoms with van der Waals surface area (Å²) < 4.78 is 40.7. The number of carbonyl (C=O) groups excluding carboxylic acids is 2. The van der Waals surface area contributed by atoms with Crippen molar-refractivity contribution in [2.45, 2.75) is 53.4 Å². The van der Waals surface area contributed by atoms with E-state index in [1.165, 1.54) is 12.1 Å². The van der Waals surface area contributed by atoms with Gasteiger partial charge < -0.3 is 20.1 Å². The quantitative estimate of drug-likeness (QED) is 0.119. The summed E-state index contributed by atoms with van der Waals surface area (Å²) in [6, 6.07) is 23.9. The van der Waals surface area contributed by atoms with Crippen molar-refractivity contribution >= 4 is 34.3 Å². The van der Waals surface area contributed by atoms with Gasteiger partial charge in [-0.2, -0.15) is 0 Å². The highest BCUT2D eigenvalue weighted by Gasteiger charge is 2.33. The molecule has 0 amide bonds. The standard InChI is InChI=1S/C42H40F2N2O4/c1-5-7-19-49-41-25(3)21-30(22-26(41)4)46-36-14-10-12-32-38(36)40(48)31-11-9-13-35(37(31)39(32)47)45-29-17-15-27(16-18-29)28-23-33(43)42(34(44)24-28)50-20-8-6-2/h9-18,21-24,45-46H,5-8,19-20H2,1-4H3. The maximum atomic E-state index is 14.7. The van der Waals surface area contributed by atoms with E-state index in [1.54, 1.807) is 60.7 Å². The van der Waals surface area contributed by atoms with Crippen LogP contribution in [0.5, 0.6) is 11.5 Å². The topological polar surface area (TPSA) is 76.7 Å². The summed E-state index contributed by atoms with van der Waals surface area (Å²) in [5, 5.41) is 6.66. The van der Waals surface area contributed by atoms with E-state index in [-0.39, 0.29) is 29.5 Å². The average Bonchev–Trinajstić information content (AvgIpc) is 3.10. The predicted molar refractivity (Wildman–Crippen MR) is 195 cm³/mol.